The van der Waals surface area contributed by atoms with Crippen LogP contribution in [0.1, 0.15) is 6.42 Å². The Kier molecular flexibility index (Phi) is 3.19. The van der Waals surface area contributed by atoms with Crippen LogP contribution in [0.4, 0.5) is 5.69 Å². The van der Waals surface area contributed by atoms with Crippen LogP contribution in [0, 0.1) is 5.92 Å². The van der Waals surface area contributed by atoms with Gasteiger partial charge in [-0.15, -0.1) is 0 Å². The highest BCUT2D eigenvalue weighted by molar-refractivity contribution is 6.31. The fraction of sp³-hybridized carbons (Fsp3) is 0.273. The van der Waals surface area contributed by atoms with Gasteiger partial charge >= 0.3 is 5.97 Å². The third kappa shape index (κ3) is 2.68. The van der Waals surface area contributed by atoms with Crippen molar-refractivity contribution in [3.8, 4) is 5.75 Å². The second kappa shape index (κ2) is 4.63. The Labute approximate surface area is 102 Å². The van der Waals surface area contributed by atoms with Crippen LogP contribution >= 0.6 is 11.6 Å². The number of fused-ring (bicyclic) bond motifs is 1. The molecule has 1 heterocycles. The first-order chi connectivity index (χ1) is 8.06. The van der Waals surface area contributed by atoms with Crippen LogP contribution in [-0.4, -0.2) is 23.6 Å². The minimum Gasteiger partial charge on any atom is -0.491 e. The molecule has 90 valence electrons. The summed E-state index contributed by atoms with van der Waals surface area (Å²) in [6.07, 6.45) is -0.256. The summed E-state index contributed by atoms with van der Waals surface area (Å²) in [6, 6.07) is 4.85. The number of carbonyl (C=O) groups excluding carboxylic acids is 1. The van der Waals surface area contributed by atoms with Crippen molar-refractivity contribution >= 4 is 29.2 Å². The van der Waals surface area contributed by atoms with Gasteiger partial charge in [0.05, 0.1) is 18.0 Å². The van der Waals surface area contributed by atoms with Crippen LogP contribution in [0.2, 0.25) is 5.02 Å². The number of amides is 1. The van der Waals surface area contributed by atoms with Crippen molar-refractivity contribution in [1.82, 2.24) is 0 Å². The van der Waals surface area contributed by atoms with E-state index in [2.05, 4.69) is 5.32 Å². The third-order valence-corrected chi connectivity index (χ3v) is 2.67. The zero-order valence-electron chi connectivity index (χ0n) is 8.77. The van der Waals surface area contributed by atoms with Crippen LogP contribution in [0.25, 0.3) is 0 Å². The maximum absolute atomic E-state index is 11.7. The summed E-state index contributed by atoms with van der Waals surface area (Å²) >= 11 is 5.80. The van der Waals surface area contributed by atoms with Gasteiger partial charge < -0.3 is 15.2 Å². The van der Waals surface area contributed by atoms with Crippen molar-refractivity contribution in [2.75, 3.05) is 11.9 Å². The Morgan fingerprint density at radius 1 is 1.59 bits per heavy atom. The summed E-state index contributed by atoms with van der Waals surface area (Å²) in [4.78, 5) is 22.3. The SMILES string of the molecule is O=C(O)C[C@H]1COc2ccc(Cl)cc2NC1=O. The zero-order chi connectivity index (χ0) is 12.4. The molecule has 6 heteroatoms. The highest BCUT2D eigenvalue weighted by Gasteiger charge is 2.26. The minimum absolute atomic E-state index is 0.0484. The Morgan fingerprint density at radius 2 is 2.35 bits per heavy atom. The maximum atomic E-state index is 11.7. The number of carboxylic acid groups (broad SMARTS) is 1. The molecular weight excluding hydrogens is 246 g/mol. The summed E-state index contributed by atoms with van der Waals surface area (Å²) < 4.78 is 5.38. The second-order valence-electron chi connectivity index (χ2n) is 3.74. The van der Waals surface area contributed by atoms with E-state index < -0.39 is 11.9 Å². The Balaban J connectivity index is 2.22. The first kappa shape index (κ1) is 11.7. The summed E-state index contributed by atoms with van der Waals surface area (Å²) in [7, 11) is 0. The van der Waals surface area contributed by atoms with E-state index in [-0.39, 0.29) is 18.9 Å². The number of rotatable bonds is 2. The predicted octanol–water partition coefficient (Wildman–Crippen LogP) is 1.76. The van der Waals surface area contributed by atoms with E-state index in [4.69, 9.17) is 21.4 Å². The van der Waals surface area contributed by atoms with Crippen molar-refractivity contribution in [3.05, 3.63) is 23.2 Å². The highest BCUT2D eigenvalue weighted by Crippen LogP contribution is 2.31. The van der Waals surface area contributed by atoms with E-state index in [9.17, 15) is 9.59 Å². The highest BCUT2D eigenvalue weighted by atomic mass is 35.5. The fourth-order valence-corrected chi connectivity index (χ4v) is 1.76. The Hall–Kier alpha value is -1.75. The van der Waals surface area contributed by atoms with Crippen LogP contribution in [0.5, 0.6) is 5.75 Å². The number of aliphatic carboxylic acids is 1. The lowest BCUT2D eigenvalue weighted by atomic mass is 10.1. The number of carbonyl (C=O) groups is 2. The van der Waals surface area contributed by atoms with Crippen LogP contribution in [-0.2, 0) is 9.59 Å². The van der Waals surface area contributed by atoms with Gasteiger partial charge in [-0.05, 0) is 18.2 Å². The summed E-state index contributed by atoms with van der Waals surface area (Å²) in [5, 5.41) is 11.8. The molecule has 0 saturated carbocycles. The van der Waals surface area contributed by atoms with Gasteiger partial charge in [-0.1, -0.05) is 11.6 Å². The van der Waals surface area contributed by atoms with Crippen molar-refractivity contribution < 1.29 is 19.4 Å². The molecule has 0 saturated heterocycles. The van der Waals surface area contributed by atoms with Crippen molar-refractivity contribution in [2.24, 2.45) is 5.92 Å². The molecule has 17 heavy (non-hydrogen) atoms. The molecule has 0 aromatic heterocycles. The third-order valence-electron chi connectivity index (χ3n) is 2.43. The average molecular weight is 256 g/mol. The van der Waals surface area contributed by atoms with Crippen LogP contribution in [0.15, 0.2) is 18.2 Å². The zero-order valence-corrected chi connectivity index (χ0v) is 9.53. The normalized spacial score (nSPS) is 18.6. The molecule has 1 aliphatic rings. The standard InChI is InChI=1S/C11H10ClNO4/c12-7-1-2-9-8(4-7)13-11(16)6(5-17-9)3-10(14)15/h1-2,4,6H,3,5H2,(H,13,16)(H,14,15)/t6-/m0/s1. The van der Waals surface area contributed by atoms with Crippen LogP contribution in [0.3, 0.4) is 0 Å². The number of ether oxygens (including phenoxy) is 1. The monoisotopic (exact) mass is 255 g/mol. The molecule has 2 N–H and O–H groups in total. The van der Waals surface area contributed by atoms with E-state index in [0.29, 0.717) is 16.5 Å². The number of nitrogens with one attached hydrogen (secondary N) is 1. The first-order valence-corrected chi connectivity index (χ1v) is 5.39. The van der Waals surface area contributed by atoms with Gasteiger partial charge in [0.2, 0.25) is 5.91 Å². The van der Waals surface area contributed by atoms with E-state index in [1.54, 1.807) is 18.2 Å². The van der Waals surface area contributed by atoms with E-state index in [1.807, 2.05) is 0 Å². The van der Waals surface area contributed by atoms with Crippen LogP contribution < -0.4 is 10.1 Å². The van der Waals surface area contributed by atoms with Gasteiger partial charge in [-0.25, -0.2) is 0 Å². The van der Waals surface area contributed by atoms with Gasteiger partial charge in [-0.2, -0.15) is 0 Å². The van der Waals surface area contributed by atoms with Crippen molar-refractivity contribution in [2.45, 2.75) is 6.42 Å². The number of hydrogen-bond donors (Lipinski definition) is 2. The summed E-state index contributed by atoms with van der Waals surface area (Å²) in [6.45, 7) is 0.0484. The molecule has 0 bridgehead atoms. The first-order valence-electron chi connectivity index (χ1n) is 5.01. The van der Waals surface area contributed by atoms with Gasteiger partial charge in [0.15, 0.2) is 0 Å². The molecule has 0 fully saturated rings. The Morgan fingerprint density at radius 3 is 3.06 bits per heavy atom. The molecule has 5 nitrogen and oxygen atoms in total. The average Bonchev–Trinajstić information content (AvgIpc) is 2.38. The summed E-state index contributed by atoms with van der Waals surface area (Å²) in [5.41, 5.74) is 0.468. The van der Waals surface area contributed by atoms with Crippen molar-refractivity contribution in [3.63, 3.8) is 0 Å². The van der Waals surface area contributed by atoms with E-state index >= 15 is 0 Å². The molecular formula is C11H10ClNO4. The number of anilines is 1. The lowest BCUT2D eigenvalue weighted by Crippen LogP contribution is -2.27. The Bertz CT molecular complexity index is 475. The second-order valence-corrected chi connectivity index (χ2v) is 4.17. The summed E-state index contributed by atoms with van der Waals surface area (Å²) in [5.74, 6) is -1.60. The smallest absolute Gasteiger partial charge is 0.304 e. The molecule has 0 unspecified atom stereocenters. The molecule has 0 spiro atoms. The number of hydrogen-bond acceptors (Lipinski definition) is 3. The maximum Gasteiger partial charge on any atom is 0.304 e. The van der Waals surface area contributed by atoms with Crippen molar-refractivity contribution in [1.29, 1.82) is 0 Å². The quantitative estimate of drug-likeness (QED) is 0.844. The predicted molar refractivity (Wildman–Crippen MR) is 61.3 cm³/mol. The molecule has 0 radical (unpaired) electrons. The lowest BCUT2D eigenvalue weighted by Gasteiger charge is -2.09. The van der Waals surface area contributed by atoms with Gasteiger partial charge in [0.25, 0.3) is 0 Å². The van der Waals surface area contributed by atoms with Gasteiger partial charge in [0, 0.05) is 5.02 Å². The largest absolute Gasteiger partial charge is 0.491 e. The minimum atomic E-state index is -1.03. The topological polar surface area (TPSA) is 75.6 Å². The molecule has 1 aromatic carbocycles. The molecule has 2 rings (SSSR count). The molecule has 1 atom stereocenters. The van der Waals surface area contributed by atoms with E-state index in [1.165, 1.54) is 0 Å². The number of benzene rings is 1. The lowest BCUT2D eigenvalue weighted by molar-refractivity contribution is -0.140. The molecule has 0 aliphatic carbocycles. The molecule has 1 aliphatic heterocycles. The van der Waals surface area contributed by atoms with Gasteiger partial charge in [0.1, 0.15) is 12.4 Å². The number of halogens is 1. The molecule has 1 amide bonds. The molecule has 1 aromatic rings. The van der Waals surface area contributed by atoms with E-state index in [0.717, 1.165) is 0 Å². The fourth-order valence-electron chi connectivity index (χ4n) is 1.59. The van der Waals surface area contributed by atoms with Gasteiger partial charge in [-0.3, -0.25) is 9.59 Å². The number of carboxylic acids is 1.